The summed E-state index contributed by atoms with van der Waals surface area (Å²) in [6, 6.07) is 0. The first kappa shape index (κ1) is 14.3. The summed E-state index contributed by atoms with van der Waals surface area (Å²) in [6.07, 6.45) is -3.18. The van der Waals surface area contributed by atoms with Crippen LogP contribution in [-0.2, 0) is 18.0 Å². The van der Waals surface area contributed by atoms with E-state index in [1.165, 1.54) is 0 Å². The third-order valence-electron chi connectivity index (χ3n) is 3.15. The number of hydrogen-bond donors (Lipinski definition) is 0. The van der Waals surface area contributed by atoms with Crippen molar-refractivity contribution < 1.29 is 17.9 Å². The average Bonchev–Trinajstić information content (AvgIpc) is 3.06. The van der Waals surface area contributed by atoms with Gasteiger partial charge < -0.3 is 14.2 Å². The third kappa shape index (κ3) is 2.86. The van der Waals surface area contributed by atoms with Crippen molar-refractivity contribution in [2.24, 2.45) is 7.05 Å². The summed E-state index contributed by atoms with van der Waals surface area (Å²) in [5.41, 5.74) is -0.857. The highest BCUT2D eigenvalue weighted by molar-refractivity contribution is 7.13. The van der Waals surface area contributed by atoms with Crippen LogP contribution in [0.2, 0.25) is 0 Å². The molecule has 114 valence electrons. The summed E-state index contributed by atoms with van der Waals surface area (Å²) < 4.78 is 45.2. The highest BCUT2D eigenvalue weighted by Crippen LogP contribution is 2.34. The number of morpholine rings is 1. The molecule has 0 radical (unpaired) electrons. The molecule has 2 aromatic rings. The van der Waals surface area contributed by atoms with Crippen LogP contribution in [0.15, 0.2) is 11.7 Å². The van der Waals surface area contributed by atoms with Crippen LogP contribution in [0.4, 0.5) is 18.3 Å². The molecule has 1 atom stereocenters. The number of halogens is 3. The van der Waals surface area contributed by atoms with E-state index >= 15 is 0 Å². The number of rotatable bonds is 2. The molecule has 0 amide bonds. The van der Waals surface area contributed by atoms with Gasteiger partial charge in [0, 0.05) is 19.0 Å². The van der Waals surface area contributed by atoms with Gasteiger partial charge in [-0.3, -0.25) is 0 Å². The molecule has 0 aromatic carbocycles. The van der Waals surface area contributed by atoms with E-state index in [9.17, 15) is 13.2 Å². The highest BCUT2D eigenvalue weighted by atomic mass is 32.1. The summed E-state index contributed by atoms with van der Waals surface area (Å²) in [5.74, 6) is 0.646. The fourth-order valence-corrected chi connectivity index (χ4v) is 2.97. The van der Waals surface area contributed by atoms with Gasteiger partial charge in [0.15, 0.2) is 16.6 Å². The lowest BCUT2D eigenvalue weighted by Crippen LogP contribution is -2.39. The first-order valence-corrected chi connectivity index (χ1v) is 7.06. The van der Waals surface area contributed by atoms with E-state index in [4.69, 9.17) is 4.74 Å². The van der Waals surface area contributed by atoms with Gasteiger partial charge in [-0.15, -0.1) is 21.5 Å². The summed E-state index contributed by atoms with van der Waals surface area (Å²) in [5, 5.41) is 9.14. The number of thiazole rings is 1. The standard InChI is InChI=1S/C11H12F3N5OS/c1-18-6-15-17-9(18)7-4-19(2-3-20-7)10-16-8(5-21-10)11(12,13)14/h5-7H,2-4H2,1H3. The van der Waals surface area contributed by atoms with Crippen LogP contribution in [0.1, 0.15) is 17.6 Å². The molecular formula is C11H12F3N5OS. The summed E-state index contributed by atoms with van der Waals surface area (Å²) in [6.45, 7) is 1.30. The second-order valence-corrected chi connectivity index (χ2v) is 5.46. The Morgan fingerprint density at radius 3 is 2.86 bits per heavy atom. The molecule has 21 heavy (non-hydrogen) atoms. The van der Waals surface area contributed by atoms with E-state index in [2.05, 4.69) is 15.2 Å². The Labute approximate surface area is 122 Å². The number of aryl methyl sites for hydroxylation is 1. The molecule has 1 aliphatic heterocycles. The third-order valence-corrected chi connectivity index (χ3v) is 4.06. The van der Waals surface area contributed by atoms with Gasteiger partial charge in [0.2, 0.25) is 0 Å². The van der Waals surface area contributed by atoms with E-state index in [1.54, 1.807) is 22.8 Å². The maximum Gasteiger partial charge on any atom is 0.434 e. The topological polar surface area (TPSA) is 56.1 Å². The fraction of sp³-hybridized carbons (Fsp3) is 0.545. The number of alkyl halides is 3. The first-order valence-electron chi connectivity index (χ1n) is 6.18. The molecule has 6 nitrogen and oxygen atoms in total. The SMILES string of the molecule is Cn1cnnc1C1CN(c2nc(C(F)(F)F)cs2)CCO1. The molecule has 3 heterocycles. The van der Waals surface area contributed by atoms with Crippen LogP contribution in [-0.4, -0.2) is 39.4 Å². The highest BCUT2D eigenvalue weighted by Gasteiger charge is 2.35. The number of ether oxygens (including phenoxy) is 1. The molecule has 1 fully saturated rings. The lowest BCUT2D eigenvalue weighted by molar-refractivity contribution is -0.140. The molecule has 0 aliphatic carbocycles. The minimum absolute atomic E-state index is 0.329. The molecule has 3 rings (SSSR count). The molecule has 0 saturated carbocycles. The fourth-order valence-electron chi connectivity index (χ4n) is 2.10. The van der Waals surface area contributed by atoms with Crippen LogP contribution < -0.4 is 4.90 Å². The van der Waals surface area contributed by atoms with Crippen molar-refractivity contribution in [1.82, 2.24) is 19.7 Å². The van der Waals surface area contributed by atoms with Gasteiger partial charge in [-0.25, -0.2) is 4.98 Å². The molecule has 1 unspecified atom stereocenters. The van der Waals surface area contributed by atoms with Crippen molar-refractivity contribution in [2.75, 3.05) is 24.6 Å². The lowest BCUT2D eigenvalue weighted by atomic mass is 10.2. The number of anilines is 1. The van der Waals surface area contributed by atoms with Crippen LogP contribution in [0, 0.1) is 0 Å². The summed E-state index contributed by atoms with van der Waals surface area (Å²) >= 11 is 0.983. The molecule has 0 spiro atoms. The maximum atomic E-state index is 12.6. The lowest BCUT2D eigenvalue weighted by Gasteiger charge is -2.32. The largest absolute Gasteiger partial charge is 0.434 e. The van der Waals surface area contributed by atoms with E-state index in [0.717, 1.165) is 16.7 Å². The first-order chi connectivity index (χ1) is 9.95. The van der Waals surface area contributed by atoms with Gasteiger partial charge in [0.1, 0.15) is 12.4 Å². The van der Waals surface area contributed by atoms with E-state index in [0.29, 0.717) is 30.7 Å². The Morgan fingerprint density at radius 2 is 2.24 bits per heavy atom. The summed E-state index contributed by atoms with van der Waals surface area (Å²) in [7, 11) is 1.79. The molecule has 1 aliphatic rings. The minimum atomic E-state index is -4.41. The summed E-state index contributed by atoms with van der Waals surface area (Å²) in [4.78, 5) is 5.44. The quantitative estimate of drug-likeness (QED) is 0.846. The van der Waals surface area contributed by atoms with Crippen LogP contribution in [0.25, 0.3) is 0 Å². The van der Waals surface area contributed by atoms with Crippen LogP contribution >= 0.6 is 11.3 Å². The predicted octanol–water partition coefficient (Wildman–Crippen LogP) is 1.87. The Bertz CT molecular complexity index is 625. The Hall–Kier alpha value is -1.68. The Kier molecular flexibility index (Phi) is 3.57. The zero-order valence-corrected chi connectivity index (χ0v) is 11.9. The molecule has 2 aromatic heterocycles. The smallest absolute Gasteiger partial charge is 0.366 e. The van der Waals surface area contributed by atoms with Gasteiger partial charge >= 0.3 is 6.18 Å². The van der Waals surface area contributed by atoms with Gasteiger partial charge in [0.05, 0.1) is 13.2 Å². The van der Waals surface area contributed by atoms with Crippen molar-refractivity contribution in [1.29, 1.82) is 0 Å². The average molecular weight is 319 g/mol. The zero-order valence-electron chi connectivity index (χ0n) is 11.0. The number of hydrogen-bond acceptors (Lipinski definition) is 6. The van der Waals surface area contributed by atoms with Gasteiger partial charge in [0.25, 0.3) is 0 Å². The van der Waals surface area contributed by atoms with Gasteiger partial charge in [-0.05, 0) is 0 Å². The Morgan fingerprint density at radius 1 is 1.43 bits per heavy atom. The zero-order chi connectivity index (χ0) is 15.0. The second-order valence-electron chi connectivity index (χ2n) is 4.62. The van der Waals surface area contributed by atoms with E-state index < -0.39 is 11.9 Å². The van der Waals surface area contributed by atoms with Gasteiger partial charge in [-0.1, -0.05) is 0 Å². The molecule has 0 N–H and O–H groups in total. The number of aromatic nitrogens is 4. The van der Waals surface area contributed by atoms with Crippen molar-refractivity contribution in [3.63, 3.8) is 0 Å². The van der Waals surface area contributed by atoms with E-state index in [-0.39, 0.29) is 6.10 Å². The molecular weight excluding hydrogens is 307 g/mol. The number of nitrogens with zero attached hydrogens (tertiary/aromatic N) is 5. The van der Waals surface area contributed by atoms with Crippen molar-refractivity contribution >= 4 is 16.5 Å². The predicted molar refractivity (Wildman–Crippen MR) is 69.0 cm³/mol. The normalized spacial score (nSPS) is 20.0. The van der Waals surface area contributed by atoms with E-state index in [1.807, 2.05) is 0 Å². The maximum absolute atomic E-state index is 12.6. The Balaban J connectivity index is 1.77. The van der Waals surface area contributed by atoms with Crippen molar-refractivity contribution in [3.8, 4) is 0 Å². The van der Waals surface area contributed by atoms with Crippen LogP contribution in [0.3, 0.4) is 0 Å². The van der Waals surface area contributed by atoms with Crippen LogP contribution in [0.5, 0.6) is 0 Å². The molecule has 10 heteroatoms. The van der Waals surface area contributed by atoms with Crippen molar-refractivity contribution in [2.45, 2.75) is 12.3 Å². The molecule has 0 bridgehead atoms. The minimum Gasteiger partial charge on any atom is -0.366 e. The second kappa shape index (κ2) is 5.26. The molecule has 1 saturated heterocycles. The van der Waals surface area contributed by atoms with Gasteiger partial charge in [-0.2, -0.15) is 13.2 Å². The monoisotopic (exact) mass is 319 g/mol. The van der Waals surface area contributed by atoms with Crippen molar-refractivity contribution in [3.05, 3.63) is 23.2 Å².